The zero-order valence-electron chi connectivity index (χ0n) is 11.5. The number of rotatable bonds is 5. The molecular formula is C15H14N2O3. The molecule has 5 heteroatoms. The lowest BCUT2D eigenvalue weighted by atomic mass is 10.0. The molecule has 0 heterocycles. The maximum Gasteiger partial charge on any atom is 0.214 e. The quantitative estimate of drug-likeness (QED) is 0.763. The van der Waals surface area contributed by atoms with E-state index in [1.54, 1.807) is 13.8 Å². The van der Waals surface area contributed by atoms with Gasteiger partial charge in [-0.3, -0.25) is 9.59 Å². The highest BCUT2D eigenvalue weighted by Crippen LogP contribution is 2.19. The van der Waals surface area contributed by atoms with E-state index in [4.69, 9.17) is 15.3 Å². The number of ketones is 2. The summed E-state index contributed by atoms with van der Waals surface area (Å²) in [4.78, 5) is 23.4. The summed E-state index contributed by atoms with van der Waals surface area (Å²) in [6.07, 6.45) is -1.21. The third kappa shape index (κ3) is 3.66. The van der Waals surface area contributed by atoms with Crippen LogP contribution in [-0.2, 0) is 9.59 Å². The minimum Gasteiger partial charge on any atom is -0.475 e. The van der Waals surface area contributed by atoms with Crippen LogP contribution in [0.2, 0.25) is 0 Å². The summed E-state index contributed by atoms with van der Waals surface area (Å²) in [6.45, 7) is 4.62. The zero-order chi connectivity index (χ0) is 15.3. The highest BCUT2D eigenvalue weighted by atomic mass is 16.5. The molecular weight excluding hydrogens is 256 g/mol. The van der Waals surface area contributed by atoms with Crippen LogP contribution in [0.3, 0.4) is 0 Å². The van der Waals surface area contributed by atoms with E-state index in [-0.39, 0.29) is 28.6 Å². The molecule has 0 aliphatic heterocycles. The summed E-state index contributed by atoms with van der Waals surface area (Å²) in [6, 6.07) is 7.98. The molecule has 1 aromatic rings. The number of Topliss-reactive ketones (excluding diaryl/α,β-unsaturated/α-hetero) is 2. The molecule has 1 aromatic carbocycles. The van der Waals surface area contributed by atoms with E-state index in [1.165, 1.54) is 25.1 Å². The molecule has 0 amide bonds. The van der Waals surface area contributed by atoms with Crippen molar-refractivity contribution in [3.05, 3.63) is 29.3 Å². The Hall–Kier alpha value is -2.66. The van der Waals surface area contributed by atoms with Gasteiger partial charge in [0.25, 0.3) is 0 Å². The summed E-state index contributed by atoms with van der Waals surface area (Å²) in [5.41, 5.74) is 0.469. The van der Waals surface area contributed by atoms with Gasteiger partial charge in [-0.15, -0.1) is 0 Å². The molecule has 0 saturated heterocycles. The molecule has 0 saturated carbocycles. The second-order valence-electron chi connectivity index (χ2n) is 4.64. The average molecular weight is 270 g/mol. The molecule has 5 nitrogen and oxygen atoms in total. The first-order chi connectivity index (χ1) is 9.38. The van der Waals surface area contributed by atoms with Crippen LogP contribution in [0.1, 0.15) is 31.9 Å². The summed E-state index contributed by atoms with van der Waals surface area (Å²) < 4.78 is 5.38. The van der Waals surface area contributed by atoms with Gasteiger partial charge in [-0.25, -0.2) is 0 Å². The van der Waals surface area contributed by atoms with Crippen molar-refractivity contribution in [3.8, 4) is 17.9 Å². The Balaban J connectivity index is 3.13. The average Bonchev–Trinajstić information content (AvgIpc) is 2.43. The van der Waals surface area contributed by atoms with E-state index in [0.29, 0.717) is 0 Å². The number of benzene rings is 1. The molecule has 20 heavy (non-hydrogen) atoms. The summed E-state index contributed by atoms with van der Waals surface area (Å²) in [5.74, 6) is -0.934. The predicted molar refractivity (Wildman–Crippen MR) is 70.8 cm³/mol. The minimum absolute atomic E-state index is 0.162. The molecule has 0 aromatic heterocycles. The minimum atomic E-state index is -1.21. The van der Waals surface area contributed by atoms with Gasteiger partial charge >= 0.3 is 0 Å². The molecule has 1 unspecified atom stereocenters. The van der Waals surface area contributed by atoms with Crippen LogP contribution in [0.4, 0.5) is 0 Å². The Morgan fingerprint density at radius 2 is 1.60 bits per heavy atom. The van der Waals surface area contributed by atoms with E-state index in [1.807, 2.05) is 12.1 Å². The van der Waals surface area contributed by atoms with Crippen molar-refractivity contribution in [2.45, 2.75) is 26.9 Å². The lowest BCUT2D eigenvalue weighted by Crippen LogP contribution is -2.37. The number of carbonyl (C=O) groups is 2. The van der Waals surface area contributed by atoms with Gasteiger partial charge in [-0.2, -0.15) is 10.5 Å². The van der Waals surface area contributed by atoms with E-state index >= 15 is 0 Å². The van der Waals surface area contributed by atoms with Gasteiger partial charge in [0.2, 0.25) is 6.10 Å². The highest BCUT2D eigenvalue weighted by molar-refractivity contribution is 6.05. The zero-order valence-corrected chi connectivity index (χ0v) is 11.5. The van der Waals surface area contributed by atoms with Gasteiger partial charge in [-0.05, 0) is 25.1 Å². The Kier molecular flexibility index (Phi) is 5.00. The molecule has 1 atom stereocenters. The number of hydrogen-bond acceptors (Lipinski definition) is 5. The van der Waals surface area contributed by atoms with Gasteiger partial charge in [0.1, 0.15) is 5.75 Å². The molecule has 0 radical (unpaired) electrons. The first kappa shape index (κ1) is 15.4. The van der Waals surface area contributed by atoms with Gasteiger partial charge in [-0.1, -0.05) is 13.8 Å². The summed E-state index contributed by atoms with van der Waals surface area (Å²) >= 11 is 0. The van der Waals surface area contributed by atoms with Gasteiger partial charge in [0.15, 0.2) is 11.6 Å². The molecule has 0 fully saturated rings. The fourth-order valence-electron chi connectivity index (χ4n) is 1.58. The van der Waals surface area contributed by atoms with E-state index in [0.717, 1.165) is 0 Å². The summed E-state index contributed by atoms with van der Waals surface area (Å²) in [5, 5.41) is 17.7. The Labute approximate surface area is 117 Å². The number of ether oxygens (including phenoxy) is 1. The smallest absolute Gasteiger partial charge is 0.214 e. The maximum atomic E-state index is 11.9. The SMILES string of the molecule is CC(=O)C(Oc1cc(C#N)cc(C#N)c1)C(=O)C(C)C. The third-order valence-corrected chi connectivity index (χ3v) is 2.62. The molecule has 102 valence electrons. The molecule has 0 bridgehead atoms. The van der Waals surface area contributed by atoms with Crippen molar-refractivity contribution in [3.63, 3.8) is 0 Å². The normalized spacial score (nSPS) is 11.3. The topological polar surface area (TPSA) is 90.9 Å². The van der Waals surface area contributed by atoms with Crippen molar-refractivity contribution in [2.24, 2.45) is 5.92 Å². The van der Waals surface area contributed by atoms with Crippen LogP contribution in [0, 0.1) is 28.6 Å². The third-order valence-electron chi connectivity index (χ3n) is 2.62. The molecule has 0 spiro atoms. The Morgan fingerprint density at radius 1 is 1.10 bits per heavy atom. The van der Waals surface area contributed by atoms with Crippen molar-refractivity contribution in [1.82, 2.24) is 0 Å². The van der Waals surface area contributed by atoms with Gasteiger partial charge in [0, 0.05) is 5.92 Å². The lowest BCUT2D eigenvalue weighted by Gasteiger charge is -2.17. The van der Waals surface area contributed by atoms with Crippen LogP contribution < -0.4 is 4.74 Å². The van der Waals surface area contributed by atoms with E-state index < -0.39 is 11.9 Å². The highest BCUT2D eigenvalue weighted by Gasteiger charge is 2.27. The first-order valence-electron chi connectivity index (χ1n) is 6.05. The first-order valence-corrected chi connectivity index (χ1v) is 6.05. The number of nitriles is 2. The monoisotopic (exact) mass is 270 g/mol. The molecule has 0 N–H and O–H groups in total. The number of carbonyl (C=O) groups excluding carboxylic acids is 2. The van der Waals surface area contributed by atoms with E-state index in [2.05, 4.69) is 0 Å². The van der Waals surface area contributed by atoms with Crippen molar-refractivity contribution in [2.75, 3.05) is 0 Å². The standard InChI is InChI=1S/C15H14N2O3/c1-9(2)14(19)15(10(3)18)20-13-5-11(7-16)4-12(6-13)8-17/h4-6,9,15H,1-3H3. The number of hydrogen-bond donors (Lipinski definition) is 0. The fraction of sp³-hybridized carbons (Fsp3) is 0.333. The fourth-order valence-corrected chi connectivity index (χ4v) is 1.58. The van der Waals surface area contributed by atoms with Crippen LogP contribution in [0.5, 0.6) is 5.75 Å². The summed E-state index contributed by atoms with van der Waals surface area (Å²) in [7, 11) is 0. The predicted octanol–water partition coefficient (Wildman–Crippen LogP) is 1.99. The molecule has 0 aliphatic rings. The van der Waals surface area contributed by atoms with Crippen molar-refractivity contribution >= 4 is 11.6 Å². The van der Waals surface area contributed by atoms with Crippen LogP contribution in [-0.4, -0.2) is 17.7 Å². The Bertz CT molecular complexity index is 589. The second-order valence-corrected chi connectivity index (χ2v) is 4.64. The lowest BCUT2D eigenvalue weighted by molar-refractivity contribution is -0.137. The Morgan fingerprint density at radius 3 is 1.95 bits per heavy atom. The van der Waals surface area contributed by atoms with Crippen molar-refractivity contribution in [1.29, 1.82) is 10.5 Å². The van der Waals surface area contributed by atoms with Crippen LogP contribution in [0.15, 0.2) is 18.2 Å². The van der Waals surface area contributed by atoms with Crippen molar-refractivity contribution < 1.29 is 14.3 Å². The van der Waals surface area contributed by atoms with Crippen LogP contribution in [0.25, 0.3) is 0 Å². The van der Waals surface area contributed by atoms with Gasteiger partial charge in [0.05, 0.1) is 23.3 Å². The molecule has 1 rings (SSSR count). The maximum absolute atomic E-state index is 11.9. The molecule has 0 aliphatic carbocycles. The van der Waals surface area contributed by atoms with E-state index in [9.17, 15) is 9.59 Å². The van der Waals surface area contributed by atoms with Crippen LogP contribution >= 0.6 is 0 Å². The number of nitrogens with zero attached hydrogens (tertiary/aromatic N) is 2. The largest absolute Gasteiger partial charge is 0.475 e. The second kappa shape index (κ2) is 6.49. The van der Waals surface area contributed by atoms with Gasteiger partial charge < -0.3 is 4.74 Å².